The number of amides is 3. The van der Waals surface area contributed by atoms with Crippen LogP contribution in [0.1, 0.15) is 23.2 Å². The number of nitrogens with one attached hydrogen (secondary N) is 2. The summed E-state index contributed by atoms with van der Waals surface area (Å²) >= 11 is 5.84. The fourth-order valence-corrected chi connectivity index (χ4v) is 1.80. The van der Waals surface area contributed by atoms with Crippen molar-refractivity contribution >= 4 is 29.3 Å². The van der Waals surface area contributed by atoms with Crippen molar-refractivity contribution in [3.63, 3.8) is 0 Å². The number of carbonyl (C=O) groups excluding carboxylic acids is 3. The van der Waals surface area contributed by atoms with Crippen molar-refractivity contribution in [2.45, 2.75) is 18.9 Å². The van der Waals surface area contributed by atoms with Crippen molar-refractivity contribution in [2.75, 3.05) is 0 Å². The third-order valence-corrected chi connectivity index (χ3v) is 2.89. The first-order valence-electron chi connectivity index (χ1n) is 5.32. The average Bonchev–Trinajstić information content (AvgIpc) is 2.33. The number of hydrogen-bond acceptors (Lipinski definition) is 4. The number of rotatable bonds is 2. The molecule has 2 heterocycles. The van der Waals surface area contributed by atoms with Crippen molar-refractivity contribution in [1.29, 1.82) is 0 Å². The fourth-order valence-electron chi connectivity index (χ4n) is 1.61. The number of hydrogen-bond donors (Lipinski definition) is 2. The van der Waals surface area contributed by atoms with Crippen molar-refractivity contribution in [2.24, 2.45) is 0 Å². The lowest BCUT2D eigenvalue weighted by atomic mass is 10.1. The molecule has 6 nitrogen and oxygen atoms in total. The van der Waals surface area contributed by atoms with E-state index in [4.69, 9.17) is 11.6 Å². The van der Waals surface area contributed by atoms with Crippen LogP contribution in [0.15, 0.2) is 18.5 Å². The van der Waals surface area contributed by atoms with Gasteiger partial charge in [0.15, 0.2) is 0 Å². The number of nitrogens with zero attached hydrogens (tertiary/aromatic N) is 1. The minimum absolute atomic E-state index is 0.198. The Hall–Kier alpha value is -1.95. The molecule has 1 aliphatic heterocycles. The SMILES string of the molecule is O=C1CCC(NC(=O)c2cnccc2Cl)C(=O)N1. The quantitative estimate of drug-likeness (QED) is 0.753. The summed E-state index contributed by atoms with van der Waals surface area (Å²) in [7, 11) is 0. The third-order valence-electron chi connectivity index (χ3n) is 2.56. The van der Waals surface area contributed by atoms with E-state index < -0.39 is 17.9 Å². The molecule has 0 aromatic carbocycles. The highest BCUT2D eigenvalue weighted by atomic mass is 35.5. The lowest BCUT2D eigenvalue weighted by Gasteiger charge is -2.21. The minimum atomic E-state index is -0.716. The van der Waals surface area contributed by atoms with Crippen LogP contribution in [0.3, 0.4) is 0 Å². The molecule has 94 valence electrons. The van der Waals surface area contributed by atoms with Crippen LogP contribution in [0, 0.1) is 0 Å². The molecule has 0 aliphatic carbocycles. The van der Waals surface area contributed by atoms with Gasteiger partial charge in [-0.15, -0.1) is 0 Å². The van der Waals surface area contributed by atoms with Gasteiger partial charge in [-0.2, -0.15) is 0 Å². The Morgan fingerprint density at radius 3 is 2.94 bits per heavy atom. The van der Waals surface area contributed by atoms with Gasteiger partial charge in [0.1, 0.15) is 6.04 Å². The van der Waals surface area contributed by atoms with E-state index in [0.29, 0.717) is 0 Å². The van der Waals surface area contributed by atoms with Crippen molar-refractivity contribution in [3.05, 3.63) is 29.0 Å². The van der Waals surface area contributed by atoms with Crippen LogP contribution in [-0.4, -0.2) is 28.7 Å². The van der Waals surface area contributed by atoms with E-state index in [2.05, 4.69) is 15.6 Å². The molecular weight excluding hydrogens is 258 g/mol. The van der Waals surface area contributed by atoms with Crippen molar-refractivity contribution < 1.29 is 14.4 Å². The molecule has 1 saturated heterocycles. The van der Waals surface area contributed by atoms with Crippen LogP contribution in [0.2, 0.25) is 5.02 Å². The third kappa shape index (κ3) is 2.65. The Labute approximate surface area is 108 Å². The van der Waals surface area contributed by atoms with E-state index in [0.717, 1.165) is 0 Å². The van der Waals surface area contributed by atoms with Gasteiger partial charge in [-0.25, -0.2) is 0 Å². The predicted octanol–water partition coefficient (Wildman–Crippen LogP) is 0.270. The van der Waals surface area contributed by atoms with Gasteiger partial charge in [0.2, 0.25) is 11.8 Å². The highest BCUT2D eigenvalue weighted by Crippen LogP contribution is 2.14. The van der Waals surface area contributed by atoms with Gasteiger partial charge in [-0.3, -0.25) is 24.7 Å². The number of aromatic nitrogens is 1. The largest absolute Gasteiger partial charge is 0.340 e. The van der Waals surface area contributed by atoms with Gasteiger partial charge in [-0.05, 0) is 12.5 Å². The molecular formula is C11H10ClN3O3. The molecule has 1 aliphatic rings. The zero-order valence-electron chi connectivity index (χ0n) is 9.27. The van der Waals surface area contributed by atoms with E-state index in [1.54, 1.807) is 0 Å². The number of pyridine rings is 1. The zero-order valence-corrected chi connectivity index (χ0v) is 10.0. The molecule has 0 saturated carbocycles. The standard InChI is InChI=1S/C11H10ClN3O3/c12-7-3-4-13-5-6(7)10(17)14-8-1-2-9(16)15-11(8)18/h3-5,8H,1-2H2,(H,14,17)(H,15,16,18). The number of carbonyl (C=O) groups is 3. The number of halogens is 1. The second-order valence-corrected chi connectivity index (χ2v) is 4.24. The van der Waals surface area contributed by atoms with Crippen LogP contribution in [0.4, 0.5) is 0 Å². The van der Waals surface area contributed by atoms with E-state index in [9.17, 15) is 14.4 Å². The average molecular weight is 268 g/mol. The van der Waals surface area contributed by atoms with Gasteiger partial charge >= 0.3 is 0 Å². The summed E-state index contributed by atoms with van der Waals surface area (Å²) < 4.78 is 0. The first kappa shape index (κ1) is 12.5. The van der Waals surface area contributed by atoms with Gasteiger partial charge < -0.3 is 5.32 Å². The maximum Gasteiger partial charge on any atom is 0.255 e. The summed E-state index contributed by atoms with van der Waals surface area (Å²) in [4.78, 5) is 38.1. The predicted molar refractivity (Wildman–Crippen MR) is 62.9 cm³/mol. The molecule has 2 rings (SSSR count). The topological polar surface area (TPSA) is 88.2 Å². The molecule has 1 aromatic rings. The van der Waals surface area contributed by atoms with Gasteiger partial charge in [0, 0.05) is 18.8 Å². The molecule has 0 bridgehead atoms. The van der Waals surface area contributed by atoms with E-state index in [1.165, 1.54) is 18.5 Å². The Bertz CT molecular complexity index is 518. The first-order chi connectivity index (χ1) is 8.58. The lowest BCUT2D eigenvalue weighted by molar-refractivity contribution is -0.134. The molecule has 1 atom stereocenters. The number of imide groups is 1. The molecule has 0 spiro atoms. The Morgan fingerprint density at radius 1 is 1.50 bits per heavy atom. The maximum atomic E-state index is 11.9. The highest BCUT2D eigenvalue weighted by Gasteiger charge is 2.28. The molecule has 2 N–H and O–H groups in total. The smallest absolute Gasteiger partial charge is 0.255 e. The normalized spacial score (nSPS) is 19.3. The monoisotopic (exact) mass is 267 g/mol. The van der Waals surface area contributed by atoms with Crippen LogP contribution >= 0.6 is 11.6 Å². The van der Waals surface area contributed by atoms with Crippen molar-refractivity contribution in [3.8, 4) is 0 Å². The summed E-state index contributed by atoms with van der Waals surface area (Å²) in [6.07, 6.45) is 3.28. The molecule has 1 fully saturated rings. The van der Waals surface area contributed by atoms with Crippen LogP contribution in [0.25, 0.3) is 0 Å². The van der Waals surface area contributed by atoms with Gasteiger partial charge in [0.05, 0.1) is 10.6 Å². The lowest BCUT2D eigenvalue weighted by Crippen LogP contribution is -2.52. The molecule has 7 heteroatoms. The second-order valence-electron chi connectivity index (χ2n) is 3.83. The van der Waals surface area contributed by atoms with Gasteiger partial charge in [0.25, 0.3) is 5.91 Å². The Morgan fingerprint density at radius 2 is 2.28 bits per heavy atom. The summed E-state index contributed by atoms with van der Waals surface area (Å²) in [6.45, 7) is 0. The fraction of sp³-hybridized carbons (Fsp3) is 0.273. The molecule has 18 heavy (non-hydrogen) atoms. The molecule has 1 aromatic heterocycles. The Balaban J connectivity index is 2.06. The summed E-state index contributed by atoms with van der Waals surface area (Å²) in [5, 5.41) is 4.94. The van der Waals surface area contributed by atoms with Crippen LogP contribution in [-0.2, 0) is 9.59 Å². The minimum Gasteiger partial charge on any atom is -0.340 e. The maximum absolute atomic E-state index is 11.9. The summed E-state index contributed by atoms with van der Waals surface area (Å²) in [5.74, 6) is -1.31. The highest BCUT2D eigenvalue weighted by molar-refractivity contribution is 6.33. The zero-order chi connectivity index (χ0) is 13.1. The molecule has 0 radical (unpaired) electrons. The van der Waals surface area contributed by atoms with Crippen LogP contribution in [0.5, 0.6) is 0 Å². The van der Waals surface area contributed by atoms with E-state index >= 15 is 0 Å². The van der Waals surface area contributed by atoms with E-state index in [-0.39, 0.29) is 29.3 Å². The molecule has 3 amide bonds. The summed E-state index contributed by atoms with van der Waals surface area (Å²) in [5.41, 5.74) is 0.198. The van der Waals surface area contributed by atoms with Gasteiger partial charge in [-0.1, -0.05) is 11.6 Å². The van der Waals surface area contributed by atoms with Crippen molar-refractivity contribution in [1.82, 2.24) is 15.6 Å². The Kier molecular flexibility index (Phi) is 3.57. The summed E-state index contributed by atoms with van der Waals surface area (Å²) in [6, 6.07) is 0.771. The first-order valence-corrected chi connectivity index (χ1v) is 5.70. The second kappa shape index (κ2) is 5.14. The number of piperidine rings is 1. The van der Waals surface area contributed by atoms with E-state index in [1.807, 2.05) is 0 Å². The molecule has 1 unspecified atom stereocenters. The van der Waals surface area contributed by atoms with Crippen LogP contribution < -0.4 is 10.6 Å².